The van der Waals surface area contributed by atoms with Gasteiger partial charge in [-0.25, -0.2) is 4.39 Å². The minimum atomic E-state index is -0.259. The van der Waals surface area contributed by atoms with Crippen molar-refractivity contribution in [2.75, 3.05) is 10.6 Å². The van der Waals surface area contributed by atoms with Crippen LogP contribution in [-0.2, 0) is 13.1 Å². The molecular weight excluding hydrogens is 285 g/mol. The molecule has 0 spiro atoms. The van der Waals surface area contributed by atoms with Gasteiger partial charge in [0.2, 0.25) is 5.95 Å². The fraction of sp³-hybridized carbons (Fsp3) is 0.133. The highest BCUT2D eigenvalue weighted by molar-refractivity contribution is 5.37. The van der Waals surface area contributed by atoms with Gasteiger partial charge in [-0.2, -0.15) is 10.1 Å². The molecule has 0 fully saturated rings. The third kappa shape index (κ3) is 3.78. The van der Waals surface area contributed by atoms with Gasteiger partial charge >= 0.3 is 0 Å². The Kier molecular flexibility index (Phi) is 4.24. The first-order chi connectivity index (χ1) is 10.8. The zero-order valence-electron chi connectivity index (χ0n) is 11.7. The summed E-state index contributed by atoms with van der Waals surface area (Å²) in [6, 6.07) is 9.93. The summed E-state index contributed by atoms with van der Waals surface area (Å²) in [4.78, 5) is 4.29. The Morgan fingerprint density at radius 3 is 2.68 bits per heavy atom. The lowest BCUT2D eigenvalue weighted by molar-refractivity contribution is 0.517. The Morgan fingerprint density at radius 1 is 1.05 bits per heavy atom. The summed E-state index contributed by atoms with van der Waals surface area (Å²) in [6.45, 7) is 1.01. The fourth-order valence-corrected chi connectivity index (χ4v) is 1.84. The van der Waals surface area contributed by atoms with Crippen LogP contribution >= 0.6 is 0 Å². The van der Waals surface area contributed by atoms with E-state index in [0.29, 0.717) is 24.9 Å². The van der Waals surface area contributed by atoms with Gasteiger partial charge in [0.15, 0.2) is 5.82 Å². The summed E-state index contributed by atoms with van der Waals surface area (Å²) in [6.07, 6.45) is 3.15. The Bertz CT molecular complexity index is 715. The van der Waals surface area contributed by atoms with E-state index in [0.717, 1.165) is 11.3 Å². The highest BCUT2D eigenvalue weighted by atomic mass is 19.1. The van der Waals surface area contributed by atoms with E-state index in [-0.39, 0.29) is 5.82 Å². The van der Waals surface area contributed by atoms with E-state index in [1.165, 1.54) is 18.3 Å². The molecule has 6 nitrogen and oxygen atoms in total. The number of hydrogen-bond acceptors (Lipinski definition) is 6. The third-order valence-electron chi connectivity index (χ3n) is 2.95. The monoisotopic (exact) mass is 299 g/mol. The predicted molar refractivity (Wildman–Crippen MR) is 79.6 cm³/mol. The summed E-state index contributed by atoms with van der Waals surface area (Å²) in [5.74, 6) is 1.53. The van der Waals surface area contributed by atoms with Crippen LogP contribution in [0.4, 0.5) is 16.2 Å². The number of benzene rings is 1. The summed E-state index contributed by atoms with van der Waals surface area (Å²) >= 11 is 0. The Balaban J connectivity index is 1.57. The van der Waals surface area contributed by atoms with Crippen LogP contribution in [0.2, 0.25) is 0 Å². The SMILES string of the molecule is Fc1ccc(CNc2nncc(NCc3ccco3)n2)cc1. The van der Waals surface area contributed by atoms with Crippen LogP contribution in [0.5, 0.6) is 0 Å². The maximum Gasteiger partial charge on any atom is 0.244 e. The van der Waals surface area contributed by atoms with E-state index in [1.54, 1.807) is 18.4 Å². The van der Waals surface area contributed by atoms with Crippen LogP contribution < -0.4 is 10.6 Å². The summed E-state index contributed by atoms with van der Waals surface area (Å²) in [7, 11) is 0. The minimum absolute atomic E-state index is 0.259. The molecule has 0 aliphatic rings. The van der Waals surface area contributed by atoms with Crippen molar-refractivity contribution >= 4 is 11.8 Å². The summed E-state index contributed by atoms with van der Waals surface area (Å²) < 4.78 is 18.1. The minimum Gasteiger partial charge on any atom is -0.467 e. The zero-order valence-corrected chi connectivity index (χ0v) is 11.7. The third-order valence-corrected chi connectivity index (χ3v) is 2.95. The standard InChI is InChI=1S/C15H14FN5O/c16-12-5-3-11(4-6-12)8-18-15-20-14(10-19-21-15)17-9-13-2-1-7-22-13/h1-7,10H,8-9H2,(H2,17,18,20,21). The van der Waals surface area contributed by atoms with E-state index < -0.39 is 0 Å². The van der Waals surface area contributed by atoms with Gasteiger partial charge in [-0.1, -0.05) is 12.1 Å². The molecule has 112 valence electrons. The van der Waals surface area contributed by atoms with Gasteiger partial charge in [0.05, 0.1) is 19.0 Å². The lowest BCUT2D eigenvalue weighted by Gasteiger charge is -2.07. The molecule has 2 N–H and O–H groups in total. The van der Waals surface area contributed by atoms with Crippen LogP contribution in [0, 0.1) is 5.82 Å². The quantitative estimate of drug-likeness (QED) is 0.729. The molecular formula is C15H14FN5O. The normalized spacial score (nSPS) is 10.4. The second-order valence-electron chi connectivity index (χ2n) is 4.58. The lowest BCUT2D eigenvalue weighted by Crippen LogP contribution is -2.08. The molecule has 0 saturated carbocycles. The number of aromatic nitrogens is 3. The number of nitrogens with one attached hydrogen (secondary N) is 2. The number of anilines is 2. The van der Waals surface area contributed by atoms with E-state index in [4.69, 9.17) is 4.42 Å². The maximum atomic E-state index is 12.8. The first-order valence-corrected chi connectivity index (χ1v) is 6.74. The molecule has 0 radical (unpaired) electrons. The van der Waals surface area contributed by atoms with Gasteiger partial charge in [0.25, 0.3) is 0 Å². The smallest absolute Gasteiger partial charge is 0.244 e. The largest absolute Gasteiger partial charge is 0.467 e. The topological polar surface area (TPSA) is 75.9 Å². The molecule has 0 aliphatic heterocycles. The first-order valence-electron chi connectivity index (χ1n) is 6.74. The molecule has 22 heavy (non-hydrogen) atoms. The molecule has 0 saturated heterocycles. The predicted octanol–water partition coefficient (Wildman–Crippen LogP) is 2.83. The second-order valence-corrected chi connectivity index (χ2v) is 4.58. The van der Waals surface area contributed by atoms with E-state index in [9.17, 15) is 4.39 Å². The Labute approximate surface area is 126 Å². The van der Waals surface area contributed by atoms with Crippen molar-refractivity contribution < 1.29 is 8.81 Å². The highest BCUT2D eigenvalue weighted by Crippen LogP contribution is 2.09. The van der Waals surface area contributed by atoms with E-state index in [2.05, 4.69) is 25.8 Å². The van der Waals surface area contributed by atoms with Crippen molar-refractivity contribution in [1.82, 2.24) is 15.2 Å². The number of nitrogens with zero attached hydrogens (tertiary/aromatic N) is 3. The molecule has 3 aromatic rings. The van der Waals surface area contributed by atoms with E-state index >= 15 is 0 Å². The van der Waals surface area contributed by atoms with Crippen LogP contribution in [0.1, 0.15) is 11.3 Å². The van der Waals surface area contributed by atoms with Crippen LogP contribution in [0.3, 0.4) is 0 Å². The van der Waals surface area contributed by atoms with E-state index in [1.807, 2.05) is 12.1 Å². The molecule has 0 bridgehead atoms. The van der Waals surface area contributed by atoms with Crippen molar-refractivity contribution in [2.45, 2.75) is 13.1 Å². The molecule has 0 unspecified atom stereocenters. The van der Waals surface area contributed by atoms with Crippen molar-refractivity contribution in [2.24, 2.45) is 0 Å². The molecule has 2 aromatic heterocycles. The van der Waals surface area contributed by atoms with Crippen LogP contribution in [0.15, 0.2) is 53.3 Å². The van der Waals surface area contributed by atoms with Crippen LogP contribution in [-0.4, -0.2) is 15.2 Å². The molecule has 0 atom stereocenters. The molecule has 0 amide bonds. The molecule has 1 aromatic carbocycles. The van der Waals surface area contributed by atoms with Crippen molar-refractivity contribution in [3.8, 4) is 0 Å². The number of hydrogen-bond donors (Lipinski definition) is 2. The van der Waals surface area contributed by atoms with Crippen molar-refractivity contribution in [3.63, 3.8) is 0 Å². The molecule has 7 heteroatoms. The Morgan fingerprint density at radius 2 is 1.91 bits per heavy atom. The van der Waals surface area contributed by atoms with Gasteiger partial charge < -0.3 is 15.1 Å². The maximum absolute atomic E-state index is 12.8. The molecule has 0 aliphatic carbocycles. The average molecular weight is 299 g/mol. The van der Waals surface area contributed by atoms with Crippen LogP contribution in [0.25, 0.3) is 0 Å². The highest BCUT2D eigenvalue weighted by Gasteiger charge is 2.02. The molecule has 2 heterocycles. The van der Waals surface area contributed by atoms with Crippen molar-refractivity contribution in [1.29, 1.82) is 0 Å². The number of furan rings is 1. The van der Waals surface area contributed by atoms with Gasteiger partial charge in [0, 0.05) is 6.54 Å². The summed E-state index contributed by atoms with van der Waals surface area (Å²) in [5.41, 5.74) is 0.930. The Hall–Kier alpha value is -2.96. The second kappa shape index (κ2) is 6.66. The van der Waals surface area contributed by atoms with Gasteiger partial charge in [-0.15, -0.1) is 5.10 Å². The molecule has 3 rings (SSSR count). The summed E-state index contributed by atoms with van der Waals surface area (Å²) in [5, 5.41) is 13.9. The van der Waals surface area contributed by atoms with Gasteiger partial charge in [0.1, 0.15) is 11.6 Å². The average Bonchev–Trinajstić information content (AvgIpc) is 3.06. The number of halogens is 1. The lowest BCUT2D eigenvalue weighted by atomic mass is 10.2. The zero-order chi connectivity index (χ0) is 15.2. The van der Waals surface area contributed by atoms with Gasteiger partial charge in [-0.3, -0.25) is 0 Å². The van der Waals surface area contributed by atoms with Gasteiger partial charge in [-0.05, 0) is 29.8 Å². The fourth-order valence-electron chi connectivity index (χ4n) is 1.84. The van der Waals surface area contributed by atoms with Crippen molar-refractivity contribution in [3.05, 3.63) is 66.0 Å². The number of rotatable bonds is 6. The first kappa shape index (κ1) is 14.0.